The van der Waals surface area contributed by atoms with E-state index >= 15 is 0 Å². The van der Waals surface area contributed by atoms with Gasteiger partial charge in [-0.3, -0.25) is 0 Å². The smallest absolute Gasteiger partial charge is 0.164 e. The molecule has 0 unspecified atom stereocenters. The van der Waals surface area contributed by atoms with Crippen molar-refractivity contribution in [2.45, 2.75) is 37.9 Å². The second-order valence-electron chi connectivity index (χ2n) is 3.91. The maximum Gasteiger partial charge on any atom is 0.164 e. The molecule has 0 bridgehead atoms. The number of rotatable bonds is 1. The first-order chi connectivity index (χ1) is 6.03. The molecule has 0 aromatic rings. The molecule has 0 amide bonds. The molecule has 0 aromatic heterocycles. The van der Waals surface area contributed by atoms with Crippen LogP contribution in [0.2, 0.25) is 0 Å². The van der Waals surface area contributed by atoms with Crippen molar-refractivity contribution < 1.29 is 19.7 Å². The van der Waals surface area contributed by atoms with Gasteiger partial charge in [0, 0.05) is 0 Å². The van der Waals surface area contributed by atoms with Gasteiger partial charge in [0.2, 0.25) is 0 Å². The van der Waals surface area contributed by atoms with Gasteiger partial charge in [0.25, 0.3) is 0 Å². The Kier molecular flexibility index (Phi) is 1.96. The molecule has 1 heterocycles. The van der Waals surface area contributed by atoms with Crippen molar-refractivity contribution in [3.63, 3.8) is 0 Å². The Hall–Kier alpha value is -0.420. The van der Waals surface area contributed by atoms with Crippen molar-refractivity contribution in [2.24, 2.45) is 0 Å². The first-order valence-electron chi connectivity index (χ1n) is 4.38. The van der Waals surface area contributed by atoms with E-state index in [1.54, 1.807) is 6.08 Å². The number of ether oxygens (including phenoxy) is 2. The fourth-order valence-electron chi connectivity index (χ4n) is 1.86. The number of aliphatic hydroxyl groups is 2. The molecular weight excluding hydrogens is 172 g/mol. The van der Waals surface area contributed by atoms with Crippen LogP contribution in [0.25, 0.3) is 0 Å². The largest absolute Gasteiger partial charge is 0.392 e. The van der Waals surface area contributed by atoms with Crippen LogP contribution in [0.4, 0.5) is 0 Å². The zero-order valence-electron chi connectivity index (χ0n) is 7.73. The predicted molar refractivity (Wildman–Crippen MR) is 45.0 cm³/mol. The molecule has 2 rings (SSSR count). The standard InChI is InChI=1S/C9H14O4/c1-9(2)12-6-3-5(4-10)7(11)8(6)13-9/h3,6-8,10-11H,4H2,1-2H3/t6-,7+,8-/m0/s1. The lowest BCUT2D eigenvalue weighted by Gasteiger charge is -2.19. The fraction of sp³-hybridized carbons (Fsp3) is 0.778. The summed E-state index contributed by atoms with van der Waals surface area (Å²) in [5.41, 5.74) is 0.588. The van der Waals surface area contributed by atoms with Gasteiger partial charge in [0.1, 0.15) is 18.3 Å². The zero-order valence-corrected chi connectivity index (χ0v) is 7.73. The van der Waals surface area contributed by atoms with Crippen LogP contribution >= 0.6 is 0 Å². The zero-order chi connectivity index (χ0) is 9.64. The van der Waals surface area contributed by atoms with E-state index in [-0.39, 0.29) is 18.8 Å². The third-order valence-corrected chi connectivity index (χ3v) is 2.42. The molecule has 1 aliphatic carbocycles. The van der Waals surface area contributed by atoms with Gasteiger partial charge < -0.3 is 19.7 Å². The van der Waals surface area contributed by atoms with Crippen LogP contribution in [-0.2, 0) is 9.47 Å². The van der Waals surface area contributed by atoms with Crippen molar-refractivity contribution in [1.82, 2.24) is 0 Å². The van der Waals surface area contributed by atoms with Crippen molar-refractivity contribution >= 4 is 0 Å². The second-order valence-corrected chi connectivity index (χ2v) is 3.91. The second kappa shape index (κ2) is 2.78. The summed E-state index contributed by atoms with van der Waals surface area (Å²) < 4.78 is 11.0. The molecule has 4 heteroatoms. The lowest BCUT2D eigenvalue weighted by molar-refractivity contribution is -0.153. The van der Waals surface area contributed by atoms with Gasteiger partial charge in [-0.1, -0.05) is 0 Å². The number of fused-ring (bicyclic) bond motifs is 1. The average molecular weight is 186 g/mol. The van der Waals surface area contributed by atoms with Crippen LogP contribution < -0.4 is 0 Å². The summed E-state index contributed by atoms with van der Waals surface area (Å²) in [6.45, 7) is 3.48. The topological polar surface area (TPSA) is 58.9 Å². The summed E-state index contributed by atoms with van der Waals surface area (Å²) in [7, 11) is 0. The highest BCUT2D eigenvalue weighted by Crippen LogP contribution is 2.36. The highest BCUT2D eigenvalue weighted by molar-refractivity contribution is 5.24. The van der Waals surface area contributed by atoms with Gasteiger partial charge in [-0.2, -0.15) is 0 Å². The maximum atomic E-state index is 9.66. The summed E-state index contributed by atoms with van der Waals surface area (Å²) in [4.78, 5) is 0. The van der Waals surface area contributed by atoms with Gasteiger partial charge in [-0.25, -0.2) is 0 Å². The Morgan fingerprint density at radius 3 is 2.69 bits per heavy atom. The van der Waals surface area contributed by atoms with Gasteiger partial charge in [0.15, 0.2) is 5.79 Å². The molecule has 0 radical (unpaired) electrons. The van der Waals surface area contributed by atoms with E-state index in [0.29, 0.717) is 5.57 Å². The molecule has 3 atom stereocenters. The van der Waals surface area contributed by atoms with E-state index in [0.717, 1.165) is 0 Å². The predicted octanol–water partition coefficient (Wildman–Crippen LogP) is -0.200. The summed E-state index contributed by atoms with van der Waals surface area (Å²) in [6, 6.07) is 0. The van der Waals surface area contributed by atoms with Gasteiger partial charge in [-0.15, -0.1) is 0 Å². The quantitative estimate of drug-likeness (QED) is 0.557. The lowest BCUT2D eigenvalue weighted by atomic mass is 10.1. The summed E-state index contributed by atoms with van der Waals surface area (Å²) in [6.07, 6.45) is 0.449. The fourth-order valence-corrected chi connectivity index (χ4v) is 1.86. The first kappa shape index (κ1) is 9.15. The average Bonchev–Trinajstić information content (AvgIpc) is 2.47. The Balaban J connectivity index is 2.16. The maximum absolute atomic E-state index is 9.66. The molecule has 74 valence electrons. The van der Waals surface area contributed by atoms with E-state index in [1.165, 1.54) is 0 Å². The number of hydrogen-bond donors (Lipinski definition) is 2. The van der Waals surface area contributed by atoms with Crippen LogP contribution in [0, 0.1) is 0 Å². The molecule has 2 aliphatic rings. The Morgan fingerprint density at radius 2 is 2.15 bits per heavy atom. The Bertz CT molecular complexity index is 246. The highest BCUT2D eigenvalue weighted by Gasteiger charge is 2.48. The van der Waals surface area contributed by atoms with E-state index in [4.69, 9.17) is 14.6 Å². The van der Waals surface area contributed by atoms with Crippen LogP contribution in [-0.4, -0.2) is 40.9 Å². The third-order valence-electron chi connectivity index (χ3n) is 2.42. The van der Waals surface area contributed by atoms with Crippen LogP contribution in [0.1, 0.15) is 13.8 Å². The SMILES string of the molecule is CC1(C)O[C@H]2[C@H](C=C(CO)[C@H]2O)O1. The third kappa shape index (κ3) is 1.40. The van der Waals surface area contributed by atoms with Crippen LogP contribution in [0.5, 0.6) is 0 Å². The highest BCUT2D eigenvalue weighted by atomic mass is 16.8. The van der Waals surface area contributed by atoms with Crippen molar-refractivity contribution in [3.05, 3.63) is 11.6 Å². The normalized spacial score (nSPS) is 41.8. The van der Waals surface area contributed by atoms with E-state index < -0.39 is 11.9 Å². The van der Waals surface area contributed by atoms with Crippen molar-refractivity contribution in [1.29, 1.82) is 0 Å². The first-order valence-corrected chi connectivity index (χ1v) is 4.38. The summed E-state index contributed by atoms with van der Waals surface area (Å²) >= 11 is 0. The molecule has 1 aliphatic heterocycles. The van der Waals surface area contributed by atoms with Crippen LogP contribution in [0.15, 0.2) is 11.6 Å². The minimum atomic E-state index is -0.725. The molecule has 13 heavy (non-hydrogen) atoms. The molecule has 0 spiro atoms. The van der Waals surface area contributed by atoms with Crippen molar-refractivity contribution in [2.75, 3.05) is 6.61 Å². The molecule has 0 saturated carbocycles. The van der Waals surface area contributed by atoms with Gasteiger partial charge >= 0.3 is 0 Å². The van der Waals surface area contributed by atoms with Crippen LogP contribution in [0.3, 0.4) is 0 Å². The minimum Gasteiger partial charge on any atom is -0.392 e. The summed E-state index contributed by atoms with van der Waals surface area (Å²) in [5, 5.41) is 18.5. The summed E-state index contributed by atoms with van der Waals surface area (Å²) in [5.74, 6) is -0.631. The monoisotopic (exact) mass is 186 g/mol. The molecule has 4 nitrogen and oxygen atoms in total. The number of hydrogen-bond acceptors (Lipinski definition) is 4. The van der Waals surface area contributed by atoms with Gasteiger partial charge in [0.05, 0.1) is 6.61 Å². The van der Waals surface area contributed by atoms with E-state index in [2.05, 4.69) is 0 Å². The molecule has 2 N–H and O–H groups in total. The van der Waals surface area contributed by atoms with Crippen molar-refractivity contribution in [3.8, 4) is 0 Å². The lowest BCUT2D eigenvalue weighted by Crippen LogP contribution is -2.31. The van der Waals surface area contributed by atoms with Gasteiger partial charge in [-0.05, 0) is 25.5 Å². The van der Waals surface area contributed by atoms with E-state index in [1.807, 2.05) is 13.8 Å². The Labute approximate surface area is 76.8 Å². The minimum absolute atomic E-state index is 0.138. The van der Waals surface area contributed by atoms with E-state index in [9.17, 15) is 5.11 Å². The number of aliphatic hydroxyl groups excluding tert-OH is 2. The molecule has 1 saturated heterocycles. The molecular formula is C9H14O4. The molecule has 1 fully saturated rings. The molecule has 0 aromatic carbocycles. The Morgan fingerprint density at radius 1 is 1.46 bits per heavy atom.